The maximum absolute atomic E-state index is 6.65. The fourth-order valence-corrected chi connectivity index (χ4v) is 7.07. The van der Waals surface area contributed by atoms with E-state index >= 15 is 0 Å². The van der Waals surface area contributed by atoms with Crippen molar-refractivity contribution in [3.8, 4) is 67.9 Å². The van der Waals surface area contributed by atoms with E-state index in [1.807, 2.05) is 97.1 Å². The van der Waals surface area contributed by atoms with E-state index in [1.165, 1.54) is 0 Å². The second-order valence-electron chi connectivity index (χ2n) is 13.1. The molecule has 0 aliphatic carbocycles. The molecule has 53 heavy (non-hydrogen) atoms. The molecule has 0 fully saturated rings. The van der Waals surface area contributed by atoms with E-state index in [1.54, 1.807) is 0 Å². The van der Waals surface area contributed by atoms with Crippen LogP contribution in [0.4, 0.5) is 0 Å². The molecule has 0 saturated heterocycles. The highest BCUT2D eigenvalue weighted by atomic mass is 16.3. The van der Waals surface area contributed by atoms with Crippen LogP contribution in [-0.4, -0.2) is 19.9 Å². The van der Waals surface area contributed by atoms with Crippen LogP contribution in [0.25, 0.3) is 101 Å². The summed E-state index contributed by atoms with van der Waals surface area (Å²) in [7, 11) is 0. The van der Waals surface area contributed by atoms with Gasteiger partial charge in [0.05, 0.1) is 0 Å². The Balaban J connectivity index is 1.09. The van der Waals surface area contributed by atoms with Gasteiger partial charge < -0.3 is 4.42 Å². The minimum atomic E-state index is 0.608. The van der Waals surface area contributed by atoms with Crippen LogP contribution in [0, 0.1) is 0 Å². The third-order valence-electron chi connectivity index (χ3n) is 9.76. The number of nitrogens with zero attached hydrogens (tertiary/aromatic N) is 4. The molecule has 0 saturated carbocycles. The highest BCUT2D eigenvalue weighted by molar-refractivity contribution is 6.24. The van der Waals surface area contributed by atoms with Gasteiger partial charge in [0.25, 0.3) is 0 Å². The lowest BCUT2D eigenvalue weighted by Gasteiger charge is -2.11. The average molecular weight is 679 g/mol. The van der Waals surface area contributed by atoms with Crippen molar-refractivity contribution in [1.29, 1.82) is 0 Å². The SMILES string of the molecule is c1ccc(-c2ccc3c4ccc(-c5ccc(-c6nc(-c7ccccc7)nc(-c7ccccc7)n6)cc5)cc4c4oc(-c5ccccc5)nc4c3c2)cc1. The average Bonchev–Trinajstić information content (AvgIpc) is 3.71. The summed E-state index contributed by atoms with van der Waals surface area (Å²) in [6.07, 6.45) is 0. The molecular weight excluding hydrogens is 649 g/mol. The molecule has 0 atom stereocenters. The Morgan fingerprint density at radius 3 is 1.19 bits per heavy atom. The zero-order chi connectivity index (χ0) is 35.1. The quantitative estimate of drug-likeness (QED) is 0.164. The van der Waals surface area contributed by atoms with Crippen molar-refractivity contribution in [3.63, 3.8) is 0 Å². The molecule has 5 heteroatoms. The summed E-state index contributed by atoms with van der Waals surface area (Å²) in [6.45, 7) is 0. The van der Waals surface area contributed by atoms with Gasteiger partial charge in [0.15, 0.2) is 23.1 Å². The Morgan fingerprint density at radius 1 is 0.283 bits per heavy atom. The Labute approximate surface area is 305 Å². The number of rotatable bonds is 6. The number of hydrogen-bond acceptors (Lipinski definition) is 5. The molecule has 0 N–H and O–H groups in total. The van der Waals surface area contributed by atoms with Gasteiger partial charge in [-0.25, -0.2) is 19.9 Å². The summed E-state index contributed by atoms with van der Waals surface area (Å²) in [6, 6.07) is 62.3. The van der Waals surface area contributed by atoms with Crippen LogP contribution >= 0.6 is 0 Å². The van der Waals surface area contributed by atoms with Gasteiger partial charge in [-0.05, 0) is 57.3 Å². The zero-order valence-corrected chi connectivity index (χ0v) is 28.5. The van der Waals surface area contributed by atoms with E-state index in [0.29, 0.717) is 23.4 Å². The van der Waals surface area contributed by atoms with E-state index in [0.717, 1.165) is 77.2 Å². The molecule has 0 amide bonds. The van der Waals surface area contributed by atoms with Crippen molar-refractivity contribution in [1.82, 2.24) is 19.9 Å². The summed E-state index contributed by atoms with van der Waals surface area (Å²) < 4.78 is 6.65. The first-order valence-corrected chi connectivity index (χ1v) is 17.6. The van der Waals surface area contributed by atoms with Crippen LogP contribution in [0.5, 0.6) is 0 Å². The second kappa shape index (κ2) is 12.8. The van der Waals surface area contributed by atoms with Crippen LogP contribution in [0.15, 0.2) is 186 Å². The predicted octanol–water partition coefficient (Wildman–Crippen LogP) is 12.3. The number of fused-ring (bicyclic) bond motifs is 6. The largest absolute Gasteiger partial charge is 0.435 e. The van der Waals surface area contributed by atoms with Crippen molar-refractivity contribution in [2.75, 3.05) is 0 Å². The monoisotopic (exact) mass is 678 g/mol. The molecule has 8 aromatic carbocycles. The summed E-state index contributed by atoms with van der Waals surface area (Å²) in [4.78, 5) is 19.8. The fraction of sp³-hybridized carbons (Fsp3) is 0. The number of benzene rings is 8. The smallest absolute Gasteiger partial charge is 0.227 e. The molecule has 0 bridgehead atoms. The van der Waals surface area contributed by atoms with E-state index in [-0.39, 0.29) is 0 Å². The highest BCUT2D eigenvalue weighted by Crippen LogP contribution is 2.40. The Morgan fingerprint density at radius 2 is 0.660 bits per heavy atom. The maximum Gasteiger partial charge on any atom is 0.227 e. The molecule has 10 rings (SSSR count). The van der Waals surface area contributed by atoms with E-state index in [2.05, 4.69) is 84.9 Å². The predicted molar refractivity (Wildman–Crippen MR) is 215 cm³/mol. The van der Waals surface area contributed by atoms with E-state index in [4.69, 9.17) is 24.4 Å². The molecule has 248 valence electrons. The molecule has 10 aromatic rings. The van der Waals surface area contributed by atoms with Gasteiger partial charge >= 0.3 is 0 Å². The molecule has 2 heterocycles. The van der Waals surface area contributed by atoms with Gasteiger partial charge in [0.1, 0.15) is 5.52 Å². The highest BCUT2D eigenvalue weighted by Gasteiger charge is 2.18. The van der Waals surface area contributed by atoms with Gasteiger partial charge in [-0.3, -0.25) is 0 Å². The van der Waals surface area contributed by atoms with Crippen LogP contribution in [0.1, 0.15) is 0 Å². The van der Waals surface area contributed by atoms with Crippen molar-refractivity contribution < 1.29 is 4.42 Å². The molecule has 0 unspecified atom stereocenters. The molecule has 0 radical (unpaired) electrons. The third-order valence-corrected chi connectivity index (χ3v) is 9.76. The first-order valence-electron chi connectivity index (χ1n) is 17.6. The maximum atomic E-state index is 6.65. The molecular formula is C48H30N4O. The van der Waals surface area contributed by atoms with Crippen LogP contribution in [0.3, 0.4) is 0 Å². The van der Waals surface area contributed by atoms with Crippen LogP contribution in [-0.2, 0) is 0 Å². The van der Waals surface area contributed by atoms with Gasteiger partial charge in [-0.15, -0.1) is 0 Å². The molecule has 2 aromatic heterocycles. The number of oxazole rings is 1. The third kappa shape index (κ3) is 5.61. The van der Waals surface area contributed by atoms with Crippen molar-refractivity contribution in [2.45, 2.75) is 0 Å². The first-order chi connectivity index (χ1) is 26.2. The van der Waals surface area contributed by atoms with Gasteiger partial charge in [0.2, 0.25) is 5.89 Å². The van der Waals surface area contributed by atoms with Gasteiger partial charge in [0, 0.05) is 33.0 Å². The zero-order valence-electron chi connectivity index (χ0n) is 28.5. The lowest BCUT2D eigenvalue weighted by Crippen LogP contribution is -2.00. The topological polar surface area (TPSA) is 64.7 Å². The summed E-state index contributed by atoms with van der Waals surface area (Å²) >= 11 is 0. The van der Waals surface area contributed by atoms with Gasteiger partial charge in [-0.2, -0.15) is 0 Å². The second-order valence-corrected chi connectivity index (χ2v) is 13.1. The molecule has 5 nitrogen and oxygen atoms in total. The summed E-state index contributed by atoms with van der Waals surface area (Å²) in [5.41, 5.74) is 9.84. The minimum absolute atomic E-state index is 0.608. The van der Waals surface area contributed by atoms with E-state index < -0.39 is 0 Å². The first kappa shape index (κ1) is 30.6. The Hall–Kier alpha value is -7.24. The number of aromatic nitrogens is 4. The standard InChI is InChI=1S/C48H30N4O/c1-5-13-31(14-6-1)37-25-27-39-40-28-26-38(30-42(40)44-43(41(39)29-37)49-48(53-44)36-19-11-4-12-20-36)32-21-23-35(24-22-32)47-51-45(33-15-7-2-8-16-33)50-46(52-47)34-17-9-3-10-18-34/h1-30H. The lowest BCUT2D eigenvalue weighted by atomic mass is 9.94. The molecule has 0 aliphatic heterocycles. The van der Waals surface area contributed by atoms with Gasteiger partial charge in [-0.1, -0.05) is 158 Å². The van der Waals surface area contributed by atoms with Crippen LogP contribution < -0.4 is 0 Å². The Bertz CT molecular complexity index is 2850. The van der Waals surface area contributed by atoms with Crippen molar-refractivity contribution >= 4 is 32.6 Å². The summed E-state index contributed by atoms with van der Waals surface area (Å²) in [5, 5.41) is 4.35. The normalized spacial score (nSPS) is 11.4. The Kier molecular flexibility index (Phi) is 7.40. The lowest BCUT2D eigenvalue weighted by molar-refractivity contribution is 0.623. The molecule has 0 aliphatic rings. The number of hydrogen-bond donors (Lipinski definition) is 0. The van der Waals surface area contributed by atoms with Crippen molar-refractivity contribution in [2.24, 2.45) is 0 Å². The summed E-state index contributed by atoms with van der Waals surface area (Å²) in [5.74, 6) is 2.52. The fourth-order valence-electron chi connectivity index (χ4n) is 7.07. The van der Waals surface area contributed by atoms with Crippen molar-refractivity contribution in [3.05, 3.63) is 182 Å². The van der Waals surface area contributed by atoms with E-state index in [9.17, 15) is 0 Å². The molecule has 0 spiro atoms. The van der Waals surface area contributed by atoms with Crippen LogP contribution in [0.2, 0.25) is 0 Å². The minimum Gasteiger partial charge on any atom is -0.435 e.